The molecule has 1 amide bonds. The fourth-order valence-electron chi connectivity index (χ4n) is 7.81. The highest BCUT2D eigenvalue weighted by molar-refractivity contribution is 7.99. The second-order valence-electron chi connectivity index (χ2n) is 16.8. The van der Waals surface area contributed by atoms with Gasteiger partial charge in [-0.25, -0.2) is 9.78 Å². The zero-order chi connectivity index (χ0) is 46.7. The molecule has 6 aromatic rings. The van der Waals surface area contributed by atoms with Crippen molar-refractivity contribution in [1.29, 1.82) is 0 Å². The fraction of sp³-hybridized carbons (Fsp3) is 0.388. The number of phenolic OH excluding ortho intramolecular Hbond substituents is 1. The van der Waals surface area contributed by atoms with E-state index >= 15 is 0 Å². The van der Waals surface area contributed by atoms with Crippen LogP contribution in [0.1, 0.15) is 45.1 Å². The van der Waals surface area contributed by atoms with Gasteiger partial charge in [-0.1, -0.05) is 61.0 Å². The van der Waals surface area contributed by atoms with Gasteiger partial charge in [-0.15, -0.1) is 0 Å². The van der Waals surface area contributed by atoms with Gasteiger partial charge in [-0.05, 0) is 114 Å². The molecule has 64 heavy (non-hydrogen) atoms. The number of likely N-dealkylation sites (N-methyl/N-ethyl adjacent to an activating group) is 1. The van der Waals surface area contributed by atoms with Gasteiger partial charge in [0.15, 0.2) is 11.2 Å². The number of para-hydroxylation sites is 2. The van der Waals surface area contributed by atoms with Crippen LogP contribution in [-0.4, -0.2) is 99.0 Å². The van der Waals surface area contributed by atoms with Gasteiger partial charge in [0.1, 0.15) is 11.5 Å². The minimum Gasteiger partial charge on any atom is -0.508 e. The summed E-state index contributed by atoms with van der Waals surface area (Å²) in [5.74, 6) is 1.19. The predicted octanol–water partition coefficient (Wildman–Crippen LogP) is 7.20. The third-order valence-electron chi connectivity index (χ3n) is 11.6. The van der Waals surface area contributed by atoms with Crippen LogP contribution >= 0.6 is 11.8 Å². The molecule has 1 fully saturated rings. The normalized spacial score (nSPS) is 16.8. The number of ether oxygens (including phenoxy) is 1. The number of methoxy groups -OCH3 is 1. The Labute approximate surface area is 380 Å². The van der Waals surface area contributed by atoms with Gasteiger partial charge in [0.05, 0.1) is 30.4 Å². The molecule has 3 heterocycles. The average Bonchev–Trinajstić information content (AvgIpc) is 3.68. The summed E-state index contributed by atoms with van der Waals surface area (Å²) in [6, 6.07) is 32.1. The molecule has 0 radical (unpaired) electrons. The molecule has 2 aliphatic rings. The Morgan fingerprint density at radius 3 is 2.11 bits per heavy atom. The Morgan fingerprint density at radius 1 is 0.906 bits per heavy atom. The van der Waals surface area contributed by atoms with Crippen molar-refractivity contribution in [2.24, 2.45) is 27.1 Å². The molecule has 0 bridgehead atoms. The summed E-state index contributed by atoms with van der Waals surface area (Å²) in [6.07, 6.45) is 5.76. The van der Waals surface area contributed by atoms with E-state index in [1.807, 2.05) is 36.0 Å². The topological polar surface area (TPSA) is 150 Å². The Bertz CT molecular complexity index is 2560. The van der Waals surface area contributed by atoms with Crippen molar-refractivity contribution in [3.63, 3.8) is 0 Å². The lowest BCUT2D eigenvalue weighted by Crippen LogP contribution is -2.43. The number of nitrogens with zero attached hydrogens (tertiary/aromatic N) is 7. The number of rotatable bonds is 8. The molecule has 2 aromatic heterocycles. The molecule has 0 spiro atoms. The molecule has 1 unspecified atom stereocenters. The third kappa shape index (κ3) is 12.0. The summed E-state index contributed by atoms with van der Waals surface area (Å²) in [5, 5.41) is 22.6. The number of phenols is 1. The van der Waals surface area contributed by atoms with E-state index in [4.69, 9.17) is 9.84 Å². The van der Waals surface area contributed by atoms with Gasteiger partial charge < -0.3 is 39.5 Å². The van der Waals surface area contributed by atoms with Gasteiger partial charge in [-0.3, -0.25) is 18.7 Å². The van der Waals surface area contributed by atoms with Crippen LogP contribution in [0.5, 0.6) is 11.5 Å². The van der Waals surface area contributed by atoms with Crippen molar-refractivity contribution in [3.05, 3.63) is 130 Å². The number of hydrogen-bond acceptors (Lipinski definition) is 11. The van der Waals surface area contributed by atoms with E-state index in [2.05, 4.69) is 109 Å². The first-order valence-corrected chi connectivity index (χ1v) is 22.2. The Morgan fingerprint density at radius 2 is 1.53 bits per heavy atom. The molecule has 1 aliphatic carbocycles. The second-order valence-corrected chi connectivity index (χ2v) is 17.9. The van der Waals surface area contributed by atoms with E-state index < -0.39 is 5.60 Å². The number of nitrogens with one attached hydrogen (secondary N) is 1. The number of amides is 1. The number of carbonyl (C=O) groups is 1. The molecule has 14 nitrogen and oxygen atoms in total. The predicted molar refractivity (Wildman–Crippen MR) is 258 cm³/mol. The highest BCUT2D eigenvalue weighted by Crippen LogP contribution is 2.48. The van der Waals surface area contributed by atoms with Crippen LogP contribution in [0.2, 0.25) is 0 Å². The largest absolute Gasteiger partial charge is 0.508 e. The van der Waals surface area contributed by atoms with E-state index in [9.17, 15) is 19.5 Å². The number of aryl methyl sites for hydroxylation is 2. The Kier molecular flexibility index (Phi) is 17.0. The van der Waals surface area contributed by atoms with Gasteiger partial charge >= 0.3 is 5.69 Å². The molecule has 0 saturated heterocycles. The number of carbonyl (C=O) groups excluding carboxylic acids is 1. The molecule has 3 N–H and O–H groups in total. The van der Waals surface area contributed by atoms with Gasteiger partial charge in [0.25, 0.3) is 5.56 Å². The number of hydrogen-bond donors (Lipinski definition) is 3. The Balaban J connectivity index is 0.000000165. The van der Waals surface area contributed by atoms with Crippen LogP contribution in [0.4, 0.5) is 17.1 Å². The summed E-state index contributed by atoms with van der Waals surface area (Å²) in [6.45, 7) is 5.63. The lowest BCUT2D eigenvalue weighted by molar-refractivity contribution is -0.114. The van der Waals surface area contributed by atoms with Crippen LogP contribution < -0.4 is 26.2 Å². The maximum Gasteiger partial charge on any atom is 0.332 e. The quantitative estimate of drug-likeness (QED) is 0.133. The molecular weight excluding hydrogens is 829 g/mol. The maximum atomic E-state index is 11.7. The SMILES string of the molecule is CC(=O)Nc1ccc(O)cc1.CC(CN1c2ccccc2Sc2ccccc21)N(C)C.COc1cccc([C@@]2(O)CCCC[C@@H]2CN(C)C)c1.Cn1c(=O)c2c(ncn2C)n(C)c1=O. The van der Waals surface area contributed by atoms with Crippen molar-refractivity contribution in [3.8, 4) is 11.5 Å². The number of aromatic nitrogens is 4. The summed E-state index contributed by atoms with van der Waals surface area (Å²) < 4.78 is 9.33. The van der Waals surface area contributed by atoms with Crippen LogP contribution in [0.15, 0.2) is 123 Å². The molecule has 1 aliphatic heterocycles. The first kappa shape index (κ1) is 49.2. The third-order valence-corrected chi connectivity index (χ3v) is 12.7. The summed E-state index contributed by atoms with van der Waals surface area (Å²) in [4.78, 5) is 47.3. The molecule has 3 atom stereocenters. The number of aromatic hydroxyl groups is 1. The van der Waals surface area contributed by atoms with Gasteiger partial charge in [0, 0.05) is 68.6 Å². The monoisotopic (exact) mass is 892 g/mol. The van der Waals surface area contributed by atoms with Crippen molar-refractivity contribution < 1.29 is 19.7 Å². The smallest absolute Gasteiger partial charge is 0.332 e. The molecule has 8 rings (SSSR count). The number of aliphatic hydroxyl groups is 1. The highest BCUT2D eigenvalue weighted by Gasteiger charge is 2.40. The summed E-state index contributed by atoms with van der Waals surface area (Å²) in [7, 11) is 14.9. The van der Waals surface area contributed by atoms with E-state index in [0.29, 0.717) is 28.8 Å². The molecule has 15 heteroatoms. The van der Waals surface area contributed by atoms with E-state index in [1.54, 1.807) is 37.9 Å². The van der Waals surface area contributed by atoms with Crippen molar-refractivity contribution in [2.75, 3.05) is 58.6 Å². The number of imidazole rings is 1. The second kappa shape index (κ2) is 22.2. The van der Waals surface area contributed by atoms with Gasteiger partial charge in [-0.2, -0.15) is 0 Å². The zero-order valence-corrected chi connectivity index (χ0v) is 39.6. The lowest BCUT2D eigenvalue weighted by atomic mass is 9.71. The lowest BCUT2D eigenvalue weighted by Gasteiger charge is -2.41. The minimum absolute atomic E-state index is 0.115. The average molecular weight is 893 g/mol. The van der Waals surface area contributed by atoms with Crippen molar-refractivity contribution in [2.45, 2.75) is 61.0 Å². The Hall–Kier alpha value is -5.87. The zero-order valence-electron chi connectivity index (χ0n) is 38.8. The van der Waals surface area contributed by atoms with E-state index in [-0.39, 0.29) is 22.9 Å². The molecular formula is C49H64N8O6S. The first-order chi connectivity index (χ1) is 30.4. The molecule has 342 valence electrons. The minimum atomic E-state index is -0.711. The first-order valence-electron chi connectivity index (χ1n) is 21.4. The van der Waals surface area contributed by atoms with Crippen molar-refractivity contribution >= 4 is 45.9 Å². The summed E-state index contributed by atoms with van der Waals surface area (Å²) in [5.41, 5.74) is 3.81. The van der Waals surface area contributed by atoms with Crippen LogP contribution in [0.3, 0.4) is 0 Å². The van der Waals surface area contributed by atoms with Crippen molar-refractivity contribution in [1.82, 2.24) is 28.5 Å². The van der Waals surface area contributed by atoms with Crippen LogP contribution in [0.25, 0.3) is 11.2 Å². The highest BCUT2D eigenvalue weighted by atomic mass is 32.2. The standard InChI is InChI=1S/C17H20N2S.C16H25NO2.C8H10N4O2.C8H9NO2/c1-13(18(2)3)12-19-14-8-4-6-10-16(14)20-17-11-7-5-9-15(17)19;1-17(2)12-14-7-4-5-10-16(14,18)13-8-6-9-15(11-13)19-3;1-10-4-9-6-5(10)7(13)12(3)8(14)11(6)2;1-6(10)9-7-2-4-8(11)5-3-7/h4-11,13H,12H2,1-3H3;6,8-9,11,14,18H,4-5,7,10,12H2,1-3H3;4H,1-3H3;2-5,11H,1H3,(H,9,10)/t;14-,16+;;/m.1../s1. The number of fused-ring (bicyclic) bond motifs is 3. The number of benzene rings is 4. The molecule has 1 saturated carbocycles. The molecule has 4 aromatic carbocycles. The number of anilines is 3. The van der Waals surface area contributed by atoms with Crippen LogP contribution in [-0.2, 0) is 31.5 Å². The summed E-state index contributed by atoms with van der Waals surface area (Å²) >= 11 is 1.87. The van der Waals surface area contributed by atoms with E-state index in [1.165, 1.54) is 64.6 Å². The van der Waals surface area contributed by atoms with Gasteiger partial charge in [0.2, 0.25) is 5.91 Å². The maximum absolute atomic E-state index is 11.7. The van der Waals surface area contributed by atoms with E-state index in [0.717, 1.165) is 48.2 Å². The van der Waals surface area contributed by atoms with Crippen LogP contribution in [0, 0.1) is 5.92 Å². The fourth-order valence-corrected chi connectivity index (χ4v) is 8.90.